The number of unbranched alkanes of at least 4 members (excludes halogenated alkanes) is 3. The molecule has 2 rings (SSSR count). The first-order valence-corrected chi connectivity index (χ1v) is 10.5. The number of nitrogens with one attached hydrogen (secondary N) is 1. The Bertz CT molecular complexity index is 788. The summed E-state index contributed by atoms with van der Waals surface area (Å²) < 4.78 is 16.2. The third-order valence-corrected chi connectivity index (χ3v) is 4.51. The van der Waals surface area contributed by atoms with Gasteiger partial charge in [-0.3, -0.25) is 4.79 Å². The lowest BCUT2D eigenvalue weighted by atomic mass is 10.2. The summed E-state index contributed by atoms with van der Waals surface area (Å²) in [6.07, 6.45) is 5.16. The minimum atomic E-state index is -0.335. The van der Waals surface area contributed by atoms with Crippen molar-refractivity contribution in [2.45, 2.75) is 45.4 Å². The Labute approximate surface area is 178 Å². The lowest BCUT2D eigenvalue weighted by Crippen LogP contribution is -2.13. The molecule has 0 aliphatic carbocycles. The van der Waals surface area contributed by atoms with Gasteiger partial charge in [0.05, 0.1) is 25.9 Å². The Hall–Kier alpha value is -3.02. The molecule has 1 amide bonds. The fourth-order valence-electron chi connectivity index (χ4n) is 2.84. The Balaban J connectivity index is 1.68. The van der Waals surface area contributed by atoms with Crippen LogP contribution in [-0.2, 0) is 9.53 Å². The fraction of sp³-hybridized carbons (Fsp3) is 0.417. The third-order valence-electron chi connectivity index (χ3n) is 4.51. The molecular formula is C24H31NO5. The first kappa shape index (κ1) is 23.3. The van der Waals surface area contributed by atoms with Crippen molar-refractivity contribution in [3.63, 3.8) is 0 Å². The molecule has 0 saturated heterocycles. The maximum Gasteiger partial charge on any atom is 0.338 e. The van der Waals surface area contributed by atoms with Crippen molar-refractivity contribution in [3.8, 4) is 11.5 Å². The van der Waals surface area contributed by atoms with Crippen molar-refractivity contribution in [3.05, 3.63) is 54.1 Å². The van der Waals surface area contributed by atoms with E-state index in [1.807, 2.05) is 24.3 Å². The molecular weight excluding hydrogens is 382 g/mol. The molecule has 0 bridgehead atoms. The maximum atomic E-state index is 12.1. The van der Waals surface area contributed by atoms with Crippen LogP contribution in [0.1, 0.15) is 55.8 Å². The number of para-hydroxylation sites is 2. The van der Waals surface area contributed by atoms with Gasteiger partial charge in [-0.1, -0.05) is 38.3 Å². The zero-order chi connectivity index (χ0) is 21.6. The van der Waals surface area contributed by atoms with Gasteiger partial charge >= 0.3 is 5.97 Å². The van der Waals surface area contributed by atoms with Crippen LogP contribution in [0.15, 0.2) is 48.5 Å². The largest absolute Gasteiger partial charge is 0.493 e. The lowest BCUT2D eigenvalue weighted by Gasteiger charge is -2.10. The summed E-state index contributed by atoms with van der Waals surface area (Å²) in [5.74, 6) is 0.887. The number of methoxy groups -OCH3 is 1. The van der Waals surface area contributed by atoms with Gasteiger partial charge in [0, 0.05) is 12.1 Å². The number of carbonyl (C=O) groups excluding carboxylic acids is 2. The number of benzene rings is 2. The smallest absolute Gasteiger partial charge is 0.338 e. The molecule has 2 aromatic carbocycles. The molecule has 30 heavy (non-hydrogen) atoms. The zero-order valence-electron chi connectivity index (χ0n) is 17.8. The summed E-state index contributed by atoms with van der Waals surface area (Å²) in [5.41, 5.74) is 1.12. The van der Waals surface area contributed by atoms with Gasteiger partial charge in [0.15, 0.2) is 11.5 Å². The van der Waals surface area contributed by atoms with Gasteiger partial charge in [-0.05, 0) is 49.2 Å². The molecule has 0 radical (unpaired) electrons. The monoisotopic (exact) mass is 413 g/mol. The van der Waals surface area contributed by atoms with Crippen molar-refractivity contribution in [1.82, 2.24) is 0 Å². The Morgan fingerprint density at radius 3 is 2.30 bits per heavy atom. The highest BCUT2D eigenvalue weighted by atomic mass is 16.5. The summed E-state index contributed by atoms with van der Waals surface area (Å²) in [4.78, 5) is 24.1. The van der Waals surface area contributed by atoms with E-state index >= 15 is 0 Å². The molecule has 162 valence electrons. The van der Waals surface area contributed by atoms with E-state index in [-0.39, 0.29) is 11.9 Å². The number of esters is 1. The molecule has 6 nitrogen and oxygen atoms in total. The van der Waals surface area contributed by atoms with Crippen LogP contribution < -0.4 is 14.8 Å². The number of ether oxygens (including phenoxy) is 3. The molecule has 0 heterocycles. The van der Waals surface area contributed by atoms with Gasteiger partial charge in [0.25, 0.3) is 0 Å². The van der Waals surface area contributed by atoms with Gasteiger partial charge in [0.2, 0.25) is 5.91 Å². The Morgan fingerprint density at radius 2 is 1.60 bits per heavy atom. The molecule has 0 aliphatic rings. The van der Waals surface area contributed by atoms with Gasteiger partial charge in [-0.2, -0.15) is 0 Å². The van der Waals surface area contributed by atoms with Crippen LogP contribution in [0.4, 0.5) is 5.69 Å². The molecule has 2 aromatic rings. The summed E-state index contributed by atoms with van der Waals surface area (Å²) in [6, 6.07) is 14.1. The van der Waals surface area contributed by atoms with Crippen LogP contribution in [0.25, 0.3) is 0 Å². The molecule has 6 heteroatoms. The van der Waals surface area contributed by atoms with Crippen molar-refractivity contribution in [2.75, 3.05) is 25.6 Å². The highest BCUT2D eigenvalue weighted by molar-refractivity contribution is 5.93. The van der Waals surface area contributed by atoms with E-state index in [9.17, 15) is 9.59 Å². The van der Waals surface area contributed by atoms with Crippen LogP contribution in [0.2, 0.25) is 0 Å². The molecule has 0 saturated carbocycles. The summed E-state index contributed by atoms with van der Waals surface area (Å²) in [5, 5.41) is 2.82. The number of hydrogen-bond acceptors (Lipinski definition) is 5. The lowest BCUT2D eigenvalue weighted by molar-refractivity contribution is -0.116. The van der Waals surface area contributed by atoms with E-state index in [4.69, 9.17) is 14.2 Å². The summed E-state index contributed by atoms with van der Waals surface area (Å²) >= 11 is 0. The Morgan fingerprint density at radius 1 is 0.867 bits per heavy atom. The predicted molar refractivity (Wildman–Crippen MR) is 117 cm³/mol. The van der Waals surface area contributed by atoms with Crippen LogP contribution in [0.5, 0.6) is 11.5 Å². The second kappa shape index (κ2) is 13.2. The average Bonchev–Trinajstić information content (AvgIpc) is 2.77. The second-order valence-electron chi connectivity index (χ2n) is 6.92. The van der Waals surface area contributed by atoms with Crippen LogP contribution in [-0.4, -0.2) is 32.2 Å². The van der Waals surface area contributed by atoms with Crippen LogP contribution >= 0.6 is 0 Å². The number of hydrogen-bond donors (Lipinski definition) is 1. The fourth-order valence-corrected chi connectivity index (χ4v) is 2.84. The summed E-state index contributed by atoms with van der Waals surface area (Å²) in [6.45, 7) is 2.99. The first-order valence-electron chi connectivity index (χ1n) is 10.5. The number of anilines is 1. The van der Waals surface area contributed by atoms with Gasteiger partial charge in [-0.25, -0.2) is 4.79 Å². The van der Waals surface area contributed by atoms with E-state index < -0.39 is 0 Å². The maximum absolute atomic E-state index is 12.1. The van der Waals surface area contributed by atoms with E-state index in [0.29, 0.717) is 48.8 Å². The van der Waals surface area contributed by atoms with E-state index in [0.717, 1.165) is 25.7 Å². The number of rotatable bonds is 13. The highest BCUT2D eigenvalue weighted by Crippen LogP contribution is 2.25. The van der Waals surface area contributed by atoms with Gasteiger partial charge < -0.3 is 19.5 Å². The molecule has 0 fully saturated rings. The third kappa shape index (κ3) is 8.15. The van der Waals surface area contributed by atoms with Gasteiger partial charge in [-0.15, -0.1) is 0 Å². The van der Waals surface area contributed by atoms with E-state index in [2.05, 4.69) is 12.2 Å². The van der Waals surface area contributed by atoms with Crippen molar-refractivity contribution >= 4 is 17.6 Å². The molecule has 0 atom stereocenters. The minimum absolute atomic E-state index is 0.107. The van der Waals surface area contributed by atoms with E-state index in [1.165, 1.54) is 0 Å². The Kier molecular flexibility index (Phi) is 10.3. The topological polar surface area (TPSA) is 73.9 Å². The standard InChI is InChI=1S/C24H31NO5/c1-3-4-5-8-17-30-24(27)19-13-15-20(16-14-19)25-23(26)12-9-18-29-22-11-7-6-10-21(22)28-2/h6-7,10-11,13-16H,3-5,8-9,12,17-18H2,1-2H3,(H,25,26). The van der Waals surface area contributed by atoms with Crippen molar-refractivity contribution < 1.29 is 23.8 Å². The number of amides is 1. The second-order valence-corrected chi connectivity index (χ2v) is 6.92. The molecule has 0 spiro atoms. The van der Waals surface area contributed by atoms with Crippen LogP contribution in [0, 0.1) is 0 Å². The zero-order valence-corrected chi connectivity index (χ0v) is 17.8. The SMILES string of the molecule is CCCCCCOC(=O)c1ccc(NC(=O)CCCOc2ccccc2OC)cc1. The number of carbonyl (C=O) groups is 2. The highest BCUT2D eigenvalue weighted by Gasteiger charge is 2.08. The molecule has 1 N–H and O–H groups in total. The summed E-state index contributed by atoms with van der Waals surface area (Å²) in [7, 11) is 1.59. The van der Waals surface area contributed by atoms with Gasteiger partial charge in [0.1, 0.15) is 0 Å². The minimum Gasteiger partial charge on any atom is -0.493 e. The average molecular weight is 414 g/mol. The first-order chi connectivity index (χ1) is 14.6. The quantitative estimate of drug-likeness (QED) is 0.359. The van der Waals surface area contributed by atoms with E-state index in [1.54, 1.807) is 31.4 Å². The van der Waals surface area contributed by atoms with Crippen molar-refractivity contribution in [2.24, 2.45) is 0 Å². The van der Waals surface area contributed by atoms with Crippen LogP contribution in [0.3, 0.4) is 0 Å². The molecule has 0 aromatic heterocycles. The van der Waals surface area contributed by atoms with Crippen molar-refractivity contribution in [1.29, 1.82) is 0 Å². The predicted octanol–water partition coefficient (Wildman–Crippen LogP) is 5.23. The normalized spacial score (nSPS) is 10.3. The molecule has 0 aliphatic heterocycles. The molecule has 0 unspecified atom stereocenters.